The number of piperazine rings is 1. The second-order valence-electron chi connectivity index (χ2n) is 4.83. The maximum Gasteiger partial charge on any atom is 0.214 e. The van der Waals surface area contributed by atoms with E-state index in [0.29, 0.717) is 0 Å². The van der Waals surface area contributed by atoms with E-state index in [2.05, 4.69) is 24.8 Å². The second-order valence-corrected chi connectivity index (χ2v) is 4.83. The van der Waals surface area contributed by atoms with Crippen molar-refractivity contribution in [2.75, 3.05) is 36.0 Å². The van der Waals surface area contributed by atoms with E-state index in [1.807, 2.05) is 19.1 Å². The minimum atomic E-state index is -0.434. The summed E-state index contributed by atoms with van der Waals surface area (Å²) in [5.74, 6) is 0.523. The van der Waals surface area contributed by atoms with Gasteiger partial charge < -0.3 is 9.80 Å². The molecule has 1 aliphatic rings. The van der Waals surface area contributed by atoms with Crippen LogP contribution in [-0.2, 0) is 0 Å². The second kappa shape index (κ2) is 5.40. The van der Waals surface area contributed by atoms with Gasteiger partial charge in [0.15, 0.2) is 0 Å². The van der Waals surface area contributed by atoms with Crippen LogP contribution in [-0.4, -0.2) is 41.1 Å². The average Bonchev–Trinajstić information content (AvgIpc) is 2.47. The highest BCUT2D eigenvalue weighted by Crippen LogP contribution is 2.19. The van der Waals surface area contributed by atoms with Crippen molar-refractivity contribution < 1.29 is 4.39 Å². The summed E-state index contributed by atoms with van der Waals surface area (Å²) in [4.78, 5) is 16.4. The first-order chi connectivity index (χ1) is 9.72. The molecule has 3 heterocycles. The zero-order valence-corrected chi connectivity index (χ0v) is 11.3. The maximum atomic E-state index is 13.1. The Morgan fingerprint density at radius 1 is 1.00 bits per heavy atom. The number of rotatable bonds is 2. The van der Waals surface area contributed by atoms with Crippen LogP contribution in [0, 0.1) is 12.9 Å². The van der Waals surface area contributed by atoms with Crippen molar-refractivity contribution in [1.29, 1.82) is 0 Å². The quantitative estimate of drug-likeness (QED) is 0.778. The lowest BCUT2D eigenvalue weighted by Gasteiger charge is -2.36. The molecule has 0 saturated carbocycles. The Hall–Kier alpha value is -2.24. The first kappa shape index (κ1) is 12.8. The molecule has 0 unspecified atom stereocenters. The number of hydrogen-bond donors (Lipinski definition) is 0. The zero-order chi connectivity index (χ0) is 13.9. The maximum absolute atomic E-state index is 13.1. The molecule has 1 fully saturated rings. The molecule has 0 atom stereocenters. The molecular weight excluding hydrogens is 257 g/mol. The van der Waals surface area contributed by atoms with Crippen LogP contribution in [0.15, 0.2) is 30.7 Å². The van der Waals surface area contributed by atoms with E-state index in [0.717, 1.165) is 43.4 Å². The Balaban J connectivity index is 1.68. The van der Waals surface area contributed by atoms with Crippen LogP contribution in [0.2, 0.25) is 0 Å². The summed E-state index contributed by atoms with van der Waals surface area (Å²) in [6.07, 6.45) is 3.10. The number of aromatic nitrogens is 3. The van der Waals surface area contributed by atoms with E-state index in [-0.39, 0.29) is 0 Å². The minimum Gasteiger partial charge on any atom is -0.368 e. The van der Waals surface area contributed by atoms with Gasteiger partial charge in [-0.1, -0.05) is 0 Å². The predicted molar refractivity (Wildman–Crippen MR) is 75.4 cm³/mol. The van der Waals surface area contributed by atoms with Crippen LogP contribution >= 0.6 is 0 Å². The van der Waals surface area contributed by atoms with Crippen molar-refractivity contribution in [3.63, 3.8) is 0 Å². The van der Waals surface area contributed by atoms with Crippen LogP contribution in [0.4, 0.5) is 15.9 Å². The highest BCUT2D eigenvalue weighted by atomic mass is 19.1. The fraction of sp³-hybridized carbons (Fsp3) is 0.357. The molecule has 0 radical (unpaired) electrons. The number of nitrogens with zero attached hydrogens (tertiary/aromatic N) is 5. The first-order valence-electron chi connectivity index (χ1n) is 6.62. The molecule has 1 saturated heterocycles. The SMILES string of the molecule is Cc1cc(N2CCN(c3ccnc(F)c3)CC2)ncn1. The van der Waals surface area contributed by atoms with Crippen molar-refractivity contribution in [2.45, 2.75) is 6.92 Å². The van der Waals surface area contributed by atoms with Gasteiger partial charge in [0.1, 0.15) is 12.1 Å². The van der Waals surface area contributed by atoms with E-state index < -0.39 is 5.95 Å². The molecule has 0 spiro atoms. The normalized spacial score (nSPS) is 15.5. The van der Waals surface area contributed by atoms with Gasteiger partial charge in [0.25, 0.3) is 0 Å². The summed E-state index contributed by atoms with van der Waals surface area (Å²) in [6.45, 7) is 5.36. The van der Waals surface area contributed by atoms with E-state index in [4.69, 9.17) is 0 Å². The average molecular weight is 273 g/mol. The fourth-order valence-electron chi connectivity index (χ4n) is 2.40. The highest BCUT2D eigenvalue weighted by molar-refractivity contribution is 5.48. The summed E-state index contributed by atoms with van der Waals surface area (Å²) in [7, 11) is 0. The molecule has 1 aliphatic heterocycles. The molecule has 2 aromatic heterocycles. The molecular formula is C14H16FN5. The summed E-state index contributed by atoms with van der Waals surface area (Å²) < 4.78 is 13.1. The largest absolute Gasteiger partial charge is 0.368 e. The van der Waals surface area contributed by atoms with E-state index >= 15 is 0 Å². The lowest BCUT2D eigenvalue weighted by atomic mass is 10.2. The summed E-state index contributed by atoms with van der Waals surface area (Å²) >= 11 is 0. The number of aryl methyl sites for hydroxylation is 1. The van der Waals surface area contributed by atoms with Crippen molar-refractivity contribution >= 4 is 11.5 Å². The Morgan fingerprint density at radius 3 is 2.45 bits per heavy atom. The lowest BCUT2D eigenvalue weighted by molar-refractivity contribution is 0.580. The van der Waals surface area contributed by atoms with Gasteiger partial charge in [0.05, 0.1) is 0 Å². The van der Waals surface area contributed by atoms with Crippen molar-refractivity contribution in [2.24, 2.45) is 0 Å². The minimum absolute atomic E-state index is 0.434. The number of pyridine rings is 1. The van der Waals surface area contributed by atoms with Gasteiger partial charge in [0, 0.05) is 55.9 Å². The van der Waals surface area contributed by atoms with Gasteiger partial charge in [0.2, 0.25) is 5.95 Å². The Bertz CT molecular complexity index is 542. The monoisotopic (exact) mass is 273 g/mol. The van der Waals surface area contributed by atoms with Crippen LogP contribution in [0.3, 0.4) is 0 Å². The number of anilines is 2. The Labute approximate surface area is 117 Å². The highest BCUT2D eigenvalue weighted by Gasteiger charge is 2.18. The van der Waals surface area contributed by atoms with Crippen LogP contribution in [0.1, 0.15) is 5.69 Å². The molecule has 104 valence electrons. The third-order valence-electron chi connectivity index (χ3n) is 3.47. The summed E-state index contributed by atoms with van der Waals surface area (Å²) in [5, 5.41) is 0. The topological polar surface area (TPSA) is 45.2 Å². The zero-order valence-electron chi connectivity index (χ0n) is 11.3. The van der Waals surface area contributed by atoms with E-state index in [1.165, 1.54) is 12.3 Å². The van der Waals surface area contributed by atoms with Crippen molar-refractivity contribution in [3.8, 4) is 0 Å². The molecule has 0 amide bonds. The third kappa shape index (κ3) is 2.68. The molecule has 0 bridgehead atoms. The molecule has 6 heteroatoms. The van der Waals surface area contributed by atoms with Gasteiger partial charge in [-0.2, -0.15) is 4.39 Å². The lowest BCUT2D eigenvalue weighted by Crippen LogP contribution is -2.46. The Morgan fingerprint density at radius 2 is 1.75 bits per heavy atom. The fourth-order valence-corrected chi connectivity index (χ4v) is 2.40. The molecule has 3 rings (SSSR count). The third-order valence-corrected chi connectivity index (χ3v) is 3.47. The molecule has 0 aliphatic carbocycles. The van der Waals surface area contributed by atoms with Crippen LogP contribution in [0.25, 0.3) is 0 Å². The molecule has 2 aromatic rings. The van der Waals surface area contributed by atoms with Crippen LogP contribution < -0.4 is 9.80 Å². The molecule has 20 heavy (non-hydrogen) atoms. The predicted octanol–water partition coefficient (Wildman–Crippen LogP) is 1.65. The van der Waals surface area contributed by atoms with Gasteiger partial charge in [-0.3, -0.25) is 0 Å². The number of halogens is 1. The first-order valence-corrected chi connectivity index (χ1v) is 6.62. The smallest absolute Gasteiger partial charge is 0.214 e. The summed E-state index contributed by atoms with van der Waals surface area (Å²) in [5.41, 5.74) is 1.85. The molecule has 0 N–H and O–H groups in total. The van der Waals surface area contributed by atoms with Gasteiger partial charge in [-0.25, -0.2) is 15.0 Å². The van der Waals surface area contributed by atoms with Gasteiger partial charge in [-0.15, -0.1) is 0 Å². The van der Waals surface area contributed by atoms with E-state index in [9.17, 15) is 4.39 Å². The molecule has 0 aromatic carbocycles. The van der Waals surface area contributed by atoms with Crippen molar-refractivity contribution in [3.05, 3.63) is 42.4 Å². The van der Waals surface area contributed by atoms with Crippen molar-refractivity contribution in [1.82, 2.24) is 15.0 Å². The number of hydrogen-bond acceptors (Lipinski definition) is 5. The summed E-state index contributed by atoms with van der Waals surface area (Å²) in [6, 6.07) is 5.31. The van der Waals surface area contributed by atoms with Gasteiger partial charge >= 0.3 is 0 Å². The van der Waals surface area contributed by atoms with Crippen LogP contribution in [0.5, 0.6) is 0 Å². The van der Waals surface area contributed by atoms with Gasteiger partial charge in [-0.05, 0) is 13.0 Å². The molecule has 5 nitrogen and oxygen atoms in total. The Kier molecular flexibility index (Phi) is 3.45. The van der Waals surface area contributed by atoms with E-state index in [1.54, 1.807) is 6.33 Å². The standard InChI is InChI=1S/C14H16FN5/c1-11-8-14(18-10-17-11)20-6-4-19(5-7-20)12-2-3-16-13(15)9-12/h2-3,8-10H,4-7H2,1H3.